The zero-order chi connectivity index (χ0) is 11.0. The highest BCUT2D eigenvalue weighted by Crippen LogP contribution is 2.39. The summed E-state index contributed by atoms with van der Waals surface area (Å²) in [7, 11) is 0. The number of ether oxygens (including phenoxy) is 1. The van der Waals surface area contributed by atoms with Gasteiger partial charge in [-0.25, -0.2) is 0 Å². The van der Waals surface area contributed by atoms with Crippen LogP contribution in [-0.4, -0.2) is 17.3 Å². The third-order valence-electron chi connectivity index (χ3n) is 3.73. The predicted octanol–water partition coefficient (Wildman–Crippen LogP) is 2.08. The Morgan fingerprint density at radius 2 is 2.31 bits per heavy atom. The Bertz CT molecular complexity index is 351. The topological polar surface area (TPSA) is 40.2 Å². The number of hydrogen-bond acceptors (Lipinski definition) is 2. The average molecular weight is 220 g/mol. The summed E-state index contributed by atoms with van der Waals surface area (Å²) in [6.07, 6.45) is 9.76. The van der Waals surface area contributed by atoms with Gasteiger partial charge in [-0.1, -0.05) is 0 Å². The zero-order valence-corrected chi connectivity index (χ0v) is 9.64. The highest BCUT2D eigenvalue weighted by Gasteiger charge is 2.30. The van der Waals surface area contributed by atoms with Gasteiger partial charge in [0.1, 0.15) is 0 Å². The lowest BCUT2D eigenvalue weighted by molar-refractivity contribution is 0.0971. The number of rotatable bonds is 4. The molecule has 2 fully saturated rings. The van der Waals surface area contributed by atoms with Crippen LogP contribution in [0.4, 0.5) is 0 Å². The molecule has 88 valence electrons. The van der Waals surface area contributed by atoms with Crippen molar-refractivity contribution >= 4 is 0 Å². The fourth-order valence-electron chi connectivity index (χ4n) is 2.52. The van der Waals surface area contributed by atoms with Gasteiger partial charge in [0, 0.05) is 31.6 Å². The van der Waals surface area contributed by atoms with E-state index in [1.807, 2.05) is 0 Å². The molecule has 1 aliphatic carbocycles. The van der Waals surface area contributed by atoms with Gasteiger partial charge in [-0.3, -0.25) is 0 Å². The Hall–Kier alpha value is -0.800. The van der Waals surface area contributed by atoms with Crippen molar-refractivity contribution in [1.29, 1.82) is 0 Å². The standard InChI is InChI=1S/C13H20N2O/c14-13(10-3-4-10)11-5-6-15(8-11)9-12-2-1-7-16-12/h5-6,8,10,12-13H,1-4,7,9,14H2. The predicted molar refractivity (Wildman–Crippen MR) is 63.1 cm³/mol. The van der Waals surface area contributed by atoms with Gasteiger partial charge in [-0.15, -0.1) is 0 Å². The number of nitrogens with zero attached hydrogens (tertiary/aromatic N) is 1. The zero-order valence-electron chi connectivity index (χ0n) is 9.64. The maximum atomic E-state index is 6.18. The first kappa shape index (κ1) is 10.4. The van der Waals surface area contributed by atoms with Gasteiger partial charge >= 0.3 is 0 Å². The molecule has 16 heavy (non-hydrogen) atoms. The van der Waals surface area contributed by atoms with Gasteiger partial charge in [0.15, 0.2) is 0 Å². The van der Waals surface area contributed by atoms with Gasteiger partial charge < -0.3 is 15.0 Å². The van der Waals surface area contributed by atoms with Gasteiger partial charge in [0.2, 0.25) is 0 Å². The number of aromatic nitrogens is 1. The summed E-state index contributed by atoms with van der Waals surface area (Å²) in [5.41, 5.74) is 7.47. The first-order valence-electron chi connectivity index (χ1n) is 6.36. The van der Waals surface area contributed by atoms with Crippen LogP contribution in [0, 0.1) is 5.92 Å². The molecule has 3 heteroatoms. The van der Waals surface area contributed by atoms with Gasteiger partial charge in [-0.05, 0) is 43.2 Å². The van der Waals surface area contributed by atoms with Crippen molar-refractivity contribution in [2.45, 2.75) is 44.4 Å². The summed E-state index contributed by atoms with van der Waals surface area (Å²) < 4.78 is 7.86. The van der Waals surface area contributed by atoms with E-state index >= 15 is 0 Å². The van der Waals surface area contributed by atoms with Crippen LogP contribution in [0.3, 0.4) is 0 Å². The van der Waals surface area contributed by atoms with Crippen molar-refractivity contribution in [3.63, 3.8) is 0 Å². The lowest BCUT2D eigenvalue weighted by atomic mass is 10.1. The molecular formula is C13H20N2O. The Labute approximate surface area is 96.6 Å². The summed E-state index contributed by atoms with van der Waals surface area (Å²) in [4.78, 5) is 0. The van der Waals surface area contributed by atoms with Gasteiger partial charge in [0.25, 0.3) is 0 Å². The van der Waals surface area contributed by atoms with E-state index in [1.54, 1.807) is 0 Å². The van der Waals surface area contributed by atoms with E-state index in [0.717, 1.165) is 19.1 Å². The summed E-state index contributed by atoms with van der Waals surface area (Å²) in [5, 5.41) is 0. The highest BCUT2D eigenvalue weighted by atomic mass is 16.5. The van der Waals surface area contributed by atoms with E-state index in [1.165, 1.54) is 31.2 Å². The number of hydrogen-bond donors (Lipinski definition) is 1. The van der Waals surface area contributed by atoms with Crippen molar-refractivity contribution in [2.75, 3.05) is 6.61 Å². The molecule has 2 heterocycles. The molecule has 0 spiro atoms. The summed E-state index contributed by atoms with van der Waals surface area (Å²) in [6, 6.07) is 2.42. The van der Waals surface area contributed by atoms with Crippen LogP contribution >= 0.6 is 0 Å². The van der Waals surface area contributed by atoms with Crippen LogP contribution in [0.2, 0.25) is 0 Å². The molecule has 2 N–H and O–H groups in total. The molecule has 0 radical (unpaired) electrons. The maximum absolute atomic E-state index is 6.18. The largest absolute Gasteiger partial charge is 0.376 e. The summed E-state index contributed by atoms with van der Waals surface area (Å²) in [6.45, 7) is 1.91. The third-order valence-corrected chi connectivity index (χ3v) is 3.73. The molecule has 3 nitrogen and oxygen atoms in total. The van der Waals surface area contributed by atoms with Gasteiger partial charge in [-0.2, -0.15) is 0 Å². The lowest BCUT2D eigenvalue weighted by Crippen LogP contribution is -2.14. The van der Waals surface area contributed by atoms with Crippen molar-refractivity contribution in [3.05, 3.63) is 24.0 Å². The second kappa shape index (κ2) is 4.22. The fourth-order valence-corrected chi connectivity index (χ4v) is 2.52. The van der Waals surface area contributed by atoms with Crippen LogP contribution in [0.5, 0.6) is 0 Å². The number of nitrogens with two attached hydrogens (primary N) is 1. The average Bonchev–Trinajstić information content (AvgIpc) is 2.82. The Balaban J connectivity index is 1.62. The molecule has 3 rings (SSSR count). The first-order valence-corrected chi connectivity index (χ1v) is 6.36. The Morgan fingerprint density at radius 3 is 3.00 bits per heavy atom. The van der Waals surface area contributed by atoms with Crippen LogP contribution < -0.4 is 5.73 Å². The minimum Gasteiger partial charge on any atom is -0.376 e. The third kappa shape index (κ3) is 2.15. The molecule has 0 bridgehead atoms. The van der Waals surface area contributed by atoms with E-state index in [4.69, 9.17) is 10.5 Å². The Kier molecular flexibility index (Phi) is 2.74. The molecule has 2 unspecified atom stereocenters. The van der Waals surface area contributed by atoms with E-state index < -0.39 is 0 Å². The van der Waals surface area contributed by atoms with E-state index in [-0.39, 0.29) is 6.04 Å². The molecule has 2 atom stereocenters. The van der Waals surface area contributed by atoms with Crippen molar-refractivity contribution in [3.8, 4) is 0 Å². The van der Waals surface area contributed by atoms with Crippen molar-refractivity contribution in [2.24, 2.45) is 11.7 Å². The second-order valence-electron chi connectivity index (χ2n) is 5.14. The smallest absolute Gasteiger partial charge is 0.0754 e. The van der Waals surface area contributed by atoms with Crippen LogP contribution in [0.15, 0.2) is 18.5 Å². The quantitative estimate of drug-likeness (QED) is 0.844. The molecule has 1 aromatic heterocycles. The van der Waals surface area contributed by atoms with Crippen LogP contribution in [-0.2, 0) is 11.3 Å². The molecule has 0 amide bonds. The van der Waals surface area contributed by atoms with Crippen LogP contribution in [0.25, 0.3) is 0 Å². The van der Waals surface area contributed by atoms with Crippen molar-refractivity contribution < 1.29 is 4.74 Å². The first-order chi connectivity index (χ1) is 7.83. The Morgan fingerprint density at radius 1 is 1.44 bits per heavy atom. The molecule has 1 aliphatic heterocycles. The second-order valence-corrected chi connectivity index (χ2v) is 5.14. The molecule has 1 saturated carbocycles. The maximum Gasteiger partial charge on any atom is 0.0754 e. The van der Waals surface area contributed by atoms with Crippen molar-refractivity contribution in [1.82, 2.24) is 4.57 Å². The van der Waals surface area contributed by atoms with Crippen LogP contribution in [0.1, 0.15) is 37.3 Å². The SMILES string of the molecule is NC(c1ccn(CC2CCCO2)c1)C1CC1. The highest BCUT2D eigenvalue weighted by molar-refractivity contribution is 5.17. The normalized spacial score (nSPS) is 27.2. The monoisotopic (exact) mass is 220 g/mol. The summed E-state index contributed by atoms with van der Waals surface area (Å²) >= 11 is 0. The molecule has 1 saturated heterocycles. The van der Waals surface area contributed by atoms with E-state index in [2.05, 4.69) is 23.0 Å². The van der Waals surface area contributed by atoms with E-state index in [0.29, 0.717) is 6.10 Å². The fraction of sp³-hybridized carbons (Fsp3) is 0.692. The molecule has 2 aliphatic rings. The van der Waals surface area contributed by atoms with E-state index in [9.17, 15) is 0 Å². The molecule has 0 aromatic carbocycles. The lowest BCUT2D eigenvalue weighted by Gasteiger charge is -2.11. The summed E-state index contributed by atoms with van der Waals surface area (Å²) in [5.74, 6) is 0.735. The van der Waals surface area contributed by atoms with Gasteiger partial charge in [0.05, 0.1) is 6.10 Å². The minimum absolute atomic E-state index is 0.255. The minimum atomic E-state index is 0.255. The molecule has 1 aromatic rings. The molecular weight excluding hydrogens is 200 g/mol.